The quantitative estimate of drug-likeness (QED) is 0.664. The van der Waals surface area contributed by atoms with Crippen molar-refractivity contribution in [3.8, 4) is 0 Å². The van der Waals surface area contributed by atoms with Crippen molar-refractivity contribution in [3.05, 3.63) is 75.4 Å². The number of halogens is 4. The van der Waals surface area contributed by atoms with Gasteiger partial charge in [0, 0.05) is 31.4 Å². The lowest BCUT2D eigenvalue weighted by molar-refractivity contribution is -0.118. The van der Waals surface area contributed by atoms with Crippen molar-refractivity contribution in [1.82, 2.24) is 0 Å². The molecular formula is C19H15Cl2F2NO2. The largest absolute Gasteiger partial charge is 0.372 e. The second-order valence-electron chi connectivity index (χ2n) is 5.82. The van der Waals surface area contributed by atoms with E-state index in [1.807, 2.05) is 0 Å². The molecule has 2 aromatic rings. The second-order valence-corrected chi connectivity index (χ2v) is 6.63. The van der Waals surface area contributed by atoms with Gasteiger partial charge in [-0.3, -0.25) is 9.69 Å². The maximum atomic E-state index is 14.2. The Hall–Kier alpha value is -1.95. The summed E-state index contributed by atoms with van der Waals surface area (Å²) in [5.41, 5.74) is 1.22. The normalized spacial score (nSPS) is 15.8. The van der Waals surface area contributed by atoms with E-state index in [0.717, 1.165) is 6.07 Å². The number of para-hydroxylation sites is 1. The molecule has 26 heavy (non-hydrogen) atoms. The second kappa shape index (κ2) is 7.74. The molecule has 1 unspecified atom stereocenters. The molecule has 136 valence electrons. The van der Waals surface area contributed by atoms with E-state index in [2.05, 4.69) is 0 Å². The highest BCUT2D eigenvalue weighted by Gasteiger charge is 2.29. The average Bonchev–Trinajstić information content (AvgIpc) is 2.59. The maximum absolute atomic E-state index is 14.2. The van der Waals surface area contributed by atoms with Gasteiger partial charge >= 0.3 is 0 Å². The van der Waals surface area contributed by atoms with Gasteiger partial charge in [-0.15, -0.1) is 0 Å². The first-order valence-corrected chi connectivity index (χ1v) is 8.62. The van der Waals surface area contributed by atoms with Crippen molar-refractivity contribution in [2.45, 2.75) is 18.9 Å². The minimum atomic E-state index is -0.757. The van der Waals surface area contributed by atoms with Crippen LogP contribution in [0.25, 0.3) is 0 Å². The zero-order valence-corrected chi connectivity index (χ0v) is 15.3. The summed E-state index contributed by atoms with van der Waals surface area (Å²) in [6.45, 7) is 0. The van der Waals surface area contributed by atoms with Gasteiger partial charge in [0.2, 0.25) is 5.91 Å². The van der Waals surface area contributed by atoms with Crippen LogP contribution in [0.15, 0.2) is 48.2 Å². The number of anilines is 1. The molecule has 1 aliphatic rings. The van der Waals surface area contributed by atoms with Crippen molar-refractivity contribution >= 4 is 34.8 Å². The molecule has 0 aromatic heterocycles. The lowest BCUT2D eigenvalue weighted by Crippen LogP contribution is -2.31. The molecule has 1 aliphatic heterocycles. The Morgan fingerprint density at radius 1 is 1.12 bits per heavy atom. The summed E-state index contributed by atoms with van der Waals surface area (Å²) >= 11 is 12.4. The molecule has 3 rings (SSSR count). The molecule has 1 amide bonds. The number of hydrogen-bond acceptors (Lipinski definition) is 2. The van der Waals surface area contributed by atoms with Gasteiger partial charge < -0.3 is 4.74 Å². The van der Waals surface area contributed by atoms with Gasteiger partial charge in [0.25, 0.3) is 0 Å². The Labute approximate surface area is 159 Å². The van der Waals surface area contributed by atoms with Gasteiger partial charge in [-0.1, -0.05) is 35.3 Å². The van der Waals surface area contributed by atoms with Crippen LogP contribution in [0.4, 0.5) is 14.5 Å². The smallest absolute Gasteiger partial charge is 0.231 e. The van der Waals surface area contributed by atoms with E-state index in [9.17, 15) is 13.6 Å². The summed E-state index contributed by atoms with van der Waals surface area (Å²) in [6, 6.07) is 8.25. The van der Waals surface area contributed by atoms with Crippen LogP contribution in [0.5, 0.6) is 0 Å². The molecule has 1 atom stereocenters. The summed E-state index contributed by atoms with van der Waals surface area (Å²) < 4.78 is 32.8. The van der Waals surface area contributed by atoms with Crippen molar-refractivity contribution < 1.29 is 18.3 Å². The number of benzene rings is 2. The van der Waals surface area contributed by atoms with Crippen LogP contribution in [0, 0.1) is 11.6 Å². The topological polar surface area (TPSA) is 29.5 Å². The molecule has 0 N–H and O–H groups in total. The van der Waals surface area contributed by atoms with E-state index >= 15 is 0 Å². The zero-order valence-electron chi connectivity index (χ0n) is 13.8. The van der Waals surface area contributed by atoms with Gasteiger partial charge in [0.15, 0.2) is 0 Å². The summed E-state index contributed by atoms with van der Waals surface area (Å²) in [6.07, 6.45) is 1.38. The van der Waals surface area contributed by atoms with E-state index in [1.54, 1.807) is 24.4 Å². The Balaban J connectivity index is 2.05. The molecule has 2 aromatic carbocycles. The molecule has 0 aliphatic carbocycles. The van der Waals surface area contributed by atoms with Gasteiger partial charge in [0.1, 0.15) is 17.7 Å². The van der Waals surface area contributed by atoms with Crippen LogP contribution >= 0.6 is 23.2 Å². The molecule has 0 bridgehead atoms. The molecule has 0 radical (unpaired) electrons. The molecule has 3 nitrogen and oxygen atoms in total. The first kappa shape index (κ1) is 18.8. The fraction of sp³-hybridized carbons (Fsp3) is 0.211. The molecule has 0 spiro atoms. The fourth-order valence-corrected chi connectivity index (χ4v) is 3.55. The minimum Gasteiger partial charge on any atom is -0.372 e. The number of hydrogen-bond donors (Lipinski definition) is 0. The van der Waals surface area contributed by atoms with Crippen LogP contribution < -0.4 is 4.90 Å². The molecule has 0 saturated heterocycles. The van der Waals surface area contributed by atoms with Crippen LogP contribution in [-0.2, 0) is 9.53 Å². The third kappa shape index (κ3) is 3.61. The molecular weight excluding hydrogens is 383 g/mol. The highest BCUT2D eigenvalue weighted by atomic mass is 35.5. The fourth-order valence-electron chi connectivity index (χ4n) is 2.97. The lowest BCUT2D eigenvalue weighted by Gasteiger charge is -2.30. The van der Waals surface area contributed by atoms with Gasteiger partial charge in [-0.2, -0.15) is 0 Å². The van der Waals surface area contributed by atoms with Crippen molar-refractivity contribution in [1.29, 1.82) is 0 Å². The first-order chi connectivity index (χ1) is 12.4. The van der Waals surface area contributed by atoms with Crippen LogP contribution in [0.1, 0.15) is 24.5 Å². The van der Waals surface area contributed by atoms with Gasteiger partial charge in [-0.05, 0) is 30.2 Å². The molecule has 1 heterocycles. The van der Waals surface area contributed by atoms with Crippen LogP contribution in [0.2, 0.25) is 10.0 Å². The number of ether oxygens (including phenoxy) is 1. The van der Waals surface area contributed by atoms with E-state index in [4.69, 9.17) is 27.9 Å². The predicted octanol–water partition coefficient (Wildman–Crippen LogP) is 5.67. The molecule has 0 fully saturated rings. The average molecular weight is 398 g/mol. The van der Waals surface area contributed by atoms with Gasteiger partial charge in [0.05, 0.1) is 15.7 Å². The summed E-state index contributed by atoms with van der Waals surface area (Å²) in [5.74, 6) is -1.56. The lowest BCUT2D eigenvalue weighted by atomic mass is 9.95. The Morgan fingerprint density at radius 3 is 2.42 bits per heavy atom. The number of carbonyl (C=O) groups is 1. The number of methoxy groups -OCH3 is 1. The first-order valence-electron chi connectivity index (χ1n) is 7.86. The minimum absolute atomic E-state index is 0.182. The molecule has 0 saturated carbocycles. The third-order valence-corrected chi connectivity index (χ3v) is 4.80. The van der Waals surface area contributed by atoms with Crippen LogP contribution in [-0.4, -0.2) is 13.0 Å². The zero-order chi connectivity index (χ0) is 18.8. The number of amides is 1. The monoisotopic (exact) mass is 397 g/mol. The van der Waals surface area contributed by atoms with Crippen LogP contribution in [0.3, 0.4) is 0 Å². The third-order valence-electron chi connectivity index (χ3n) is 4.19. The summed E-state index contributed by atoms with van der Waals surface area (Å²) in [7, 11) is 1.43. The highest BCUT2D eigenvalue weighted by molar-refractivity contribution is 6.40. The SMILES string of the molecule is COC(C1=CN(c2c(Cl)cccc2Cl)C(=O)CC1)c1ccc(F)cc1F. The standard InChI is InChI=1S/C19H15Cl2F2NO2/c1-26-19(13-7-6-12(22)9-16(13)23)11-5-8-17(25)24(10-11)18-14(20)3-2-4-15(18)21/h2-4,6-7,9-10,19H,5,8H2,1H3. The Morgan fingerprint density at radius 2 is 1.81 bits per heavy atom. The Bertz CT molecular complexity index is 866. The van der Waals surface area contributed by atoms with Gasteiger partial charge in [-0.25, -0.2) is 8.78 Å². The van der Waals surface area contributed by atoms with E-state index in [-0.39, 0.29) is 17.9 Å². The predicted molar refractivity (Wildman–Crippen MR) is 97.4 cm³/mol. The number of carbonyl (C=O) groups excluding carboxylic acids is 1. The van der Waals surface area contributed by atoms with E-state index in [1.165, 1.54) is 24.1 Å². The summed E-state index contributed by atoms with van der Waals surface area (Å²) in [4.78, 5) is 13.8. The van der Waals surface area contributed by atoms with Crippen molar-refractivity contribution in [3.63, 3.8) is 0 Å². The van der Waals surface area contributed by atoms with E-state index in [0.29, 0.717) is 27.7 Å². The maximum Gasteiger partial charge on any atom is 0.231 e. The van der Waals surface area contributed by atoms with E-state index < -0.39 is 17.7 Å². The number of rotatable bonds is 4. The Kier molecular flexibility index (Phi) is 5.61. The summed E-state index contributed by atoms with van der Waals surface area (Å²) in [5, 5.41) is 0.649. The highest BCUT2D eigenvalue weighted by Crippen LogP contribution is 2.39. The van der Waals surface area contributed by atoms with Crippen molar-refractivity contribution in [2.75, 3.05) is 12.0 Å². The molecule has 7 heteroatoms. The van der Waals surface area contributed by atoms with Crippen molar-refractivity contribution in [2.24, 2.45) is 0 Å². The number of nitrogens with zero attached hydrogens (tertiary/aromatic N) is 1.